The Morgan fingerprint density at radius 2 is 1.81 bits per heavy atom. The molecule has 2 heterocycles. The highest BCUT2D eigenvalue weighted by atomic mass is 35.5. The Balaban J connectivity index is 1.61. The summed E-state index contributed by atoms with van der Waals surface area (Å²) in [6, 6.07) is 14.9. The summed E-state index contributed by atoms with van der Waals surface area (Å²) < 4.78 is 28.6. The van der Waals surface area contributed by atoms with Crippen molar-refractivity contribution in [1.82, 2.24) is 15.3 Å². The van der Waals surface area contributed by atoms with Crippen LogP contribution < -0.4 is 16.4 Å². The molecule has 0 atom stereocenters. The van der Waals surface area contributed by atoms with Crippen molar-refractivity contribution in [2.24, 2.45) is 5.73 Å². The molecule has 0 bridgehead atoms. The predicted octanol–water partition coefficient (Wildman–Crippen LogP) is 3.65. The number of carbonyl (C=O) groups excluding carboxylic acids is 1. The van der Waals surface area contributed by atoms with Crippen molar-refractivity contribution in [3.05, 3.63) is 88.3 Å². The summed E-state index contributed by atoms with van der Waals surface area (Å²) in [6.45, 7) is -0.00546. The van der Waals surface area contributed by atoms with E-state index in [1.54, 1.807) is 6.07 Å². The molecule has 1 amide bonds. The number of benzene rings is 1. The molecule has 0 spiro atoms. The number of pyridine rings is 2. The van der Waals surface area contributed by atoms with Crippen LogP contribution in [-0.4, -0.2) is 22.4 Å². The van der Waals surface area contributed by atoms with Crippen LogP contribution >= 0.6 is 11.6 Å². The molecule has 0 fully saturated rings. The highest BCUT2D eigenvalue weighted by Crippen LogP contribution is 2.26. The smallest absolute Gasteiger partial charge is 0.306 e. The van der Waals surface area contributed by atoms with Gasteiger partial charge in [0.1, 0.15) is 11.5 Å². The Hall–Kier alpha value is -3.10. The number of anilines is 1. The SMILES string of the molecule is NCc1ccccc1CNC(=O)Cc1nc(NCC(F)(F)c2ccccn2)ccc1Cl. The number of nitrogens with two attached hydrogens (primary N) is 1. The highest BCUT2D eigenvalue weighted by molar-refractivity contribution is 6.31. The van der Waals surface area contributed by atoms with Gasteiger partial charge in [0.05, 0.1) is 23.7 Å². The summed E-state index contributed by atoms with van der Waals surface area (Å²) >= 11 is 6.15. The molecule has 0 saturated heterocycles. The molecule has 0 saturated carbocycles. The van der Waals surface area contributed by atoms with Gasteiger partial charge >= 0.3 is 5.92 Å². The lowest BCUT2D eigenvalue weighted by molar-refractivity contribution is -0.120. The lowest BCUT2D eigenvalue weighted by atomic mass is 10.1. The number of hydrogen-bond acceptors (Lipinski definition) is 5. The molecule has 31 heavy (non-hydrogen) atoms. The number of nitrogens with zero attached hydrogens (tertiary/aromatic N) is 2. The quantitative estimate of drug-likeness (QED) is 0.467. The van der Waals surface area contributed by atoms with Crippen LogP contribution in [0.25, 0.3) is 0 Å². The molecule has 0 unspecified atom stereocenters. The van der Waals surface area contributed by atoms with Crippen molar-refractivity contribution < 1.29 is 13.6 Å². The third-order valence-electron chi connectivity index (χ3n) is 4.59. The molecule has 0 radical (unpaired) electrons. The number of amides is 1. The largest absolute Gasteiger partial charge is 0.364 e. The Labute approximate surface area is 183 Å². The van der Waals surface area contributed by atoms with Gasteiger partial charge in [-0.25, -0.2) is 4.98 Å². The predicted molar refractivity (Wildman–Crippen MR) is 116 cm³/mol. The minimum absolute atomic E-state index is 0.0875. The van der Waals surface area contributed by atoms with Crippen molar-refractivity contribution in [1.29, 1.82) is 0 Å². The number of carbonyl (C=O) groups is 1. The van der Waals surface area contributed by atoms with Gasteiger partial charge in [-0.15, -0.1) is 0 Å². The van der Waals surface area contributed by atoms with E-state index in [1.165, 1.54) is 30.5 Å². The van der Waals surface area contributed by atoms with Crippen LogP contribution in [0.1, 0.15) is 22.5 Å². The summed E-state index contributed by atoms with van der Waals surface area (Å²) in [4.78, 5) is 20.3. The van der Waals surface area contributed by atoms with Crippen molar-refractivity contribution in [2.75, 3.05) is 11.9 Å². The monoisotopic (exact) mass is 445 g/mol. The first-order valence-corrected chi connectivity index (χ1v) is 9.99. The first kappa shape index (κ1) is 22.6. The summed E-state index contributed by atoms with van der Waals surface area (Å²) in [5, 5.41) is 5.67. The maximum Gasteiger partial charge on any atom is 0.306 e. The molecular weight excluding hydrogens is 424 g/mol. The van der Waals surface area contributed by atoms with E-state index in [9.17, 15) is 13.6 Å². The molecule has 162 valence electrons. The van der Waals surface area contributed by atoms with E-state index >= 15 is 0 Å². The third-order valence-corrected chi connectivity index (χ3v) is 4.94. The van der Waals surface area contributed by atoms with Crippen LogP contribution in [0.4, 0.5) is 14.6 Å². The van der Waals surface area contributed by atoms with Gasteiger partial charge in [0, 0.05) is 19.3 Å². The van der Waals surface area contributed by atoms with Gasteiger partial charge in [-0.2, -0.15) is 8.78 Å². The number of aromatic nitrogens is 2. The second kappa shape index (κ2) is 10.3. The second-order valence-corrected chi connectivity index (χ2v) is 7.23. The zero-order chi connectivity index (χ0) is 22.3. The van der Waals surface area contributed by atoms with Crippen LogP contribution in [0.3, 0.4) is 0 Å². The molecule has 9 heteroatoms. The fourth-order valence-corrected chi connectivity index (χ4v) is 3.09. The Morgan fingerprint density at radius 1 is 1.06 bits per heavy atom. The first-order chi connectivity index (χ1) is 14.9. The molecule has 4 N–H and O–H groups in total. The fraction of sp³-hybridized carbons (Fsp3) is 0.227. The van der Waals surface area contributed by atoms with Crippen LogP contribution in [-0.2, 0) is 30.2 Å². The third kappa shape index (κ3) is 6.19. The maximum absolute atomic E-state index is 14.3. The second-order valence-electron chi connectivity index (χ2n) is 6.82. The number of rotatable bonds is 9. The van der Waals surface area contributed by atoms with Gasteiger partial charge in [-0.3, -0.25) is 9.78 Å². The van der Waals surface area contributed by atoms with E-state index in [1.807, 2.05) is 24.3 Å². The lowest BCUT2D eigenvalue weighted by Crippen LogP contribution is -2.27. The zero-order valence-corrected chi connectivity index (χ0v) is 17.4. The van der Waals surface area contributed by atoms with Gasteiger partial charge in [0.25, 0.3) is 0 Å². The molecule has 1 aromatic carbocycles. The standard InChI is InChI=1S/C22H22ClF2N5O/c23-17-8-9-20(29-14-22(24,25)19-7-3-4-10-27-19)30-18(17)11-21(31)28-13-16-6-2-1-5-15(16)12-26/h1-10H,11-14,26H2,(H,28,31)(H,29,30). The zero-order valence-electron chi connectivity index (χ0n) is 16.6. The molecule has 0 aliphatic heterocycles. The van der Waals surface area contributed by atoms with E-state index in [2.05, 4.69) is 20.6 Å². The Morgan fingerprint density at radius 3 is 2.52 bits per heavy atom. The molecule has 0 aliphatic carbocycles. The average molecular weight is 446 g/mol. The van der Waals surface area contributed by atoms with E-state index in [4.69, 9.17) is 17.3 Å². The van der Waals surface area contributed by atoms with Gasteiger partial charge in [-0.05, 0) is 35.4 Å². The molecule has 0 aliphatic rings. The van der Waals surface area contributed by atoms with Crippen molar-refractivity contribution in [3.63, 3.8) is 0 Å². The maximum atomic E-state index is 14.3. The van der Waals surface area contributed by atoms with Gasteiger partial charge in [-0.1, -0.05) is 41.9 Å². The van der Waals surface area contributed by atoms with Crippen molar-refractivity contribution >= 4 is 23.3 Å². The van der Waals surface area contributed by atoms with Gasteiger partial charge in [0.2, 0.25) is 5.91 Å². The highest BCUT2D eigenvalue weighted by Gasteiger charge is 2.32. The molecule has 2 aromatic heterocycles. The minimum atomic E-state index is -3.18. The topological polar surface area (TPSA) is 92.9 Å². The Kier molecular flexibility index (Phi) is 7.49. The van der Waals surface area contributed by atoms with E-state index in [-0.39, 0.29) is 34.6 Å². The molecule has 6 nitrogen and oxygen atoms in total. The summed E-state index contributed by atoms with van der Waals surface area (Å²) in [5.74, 6) is -3.29. The fourth-order valence-electron chi connectivity index (χ4n) is 2.92. The van der Waals surface area contributed by atoms with Crippen LogP contribution in [0.15, 0.2) is 60.8 Å². The summed E-state index contributed by atoms with van der Waals surface area (Å²) in [5.41, 5.74) is 7.52. The minimum Gasteiger partial charge on any atom is -0.364 e. The van der Waals surface area contributed by atoms with Crippen LogP contribution in [0, 0.1) is 0 Å². The summed E-state index contributed by atoms with van der Waals surface area (Å²) in [7, 11) is 0. The van der Waals surface area contributed by atoms with E-state index in [0.717, 1.165) is 11.1 Å². The van der Waals surface area contributed by atoms with Crippen LogP contribution in [0.5, 0.6) is 0 Å². The van der Waals surface area contributed by atoms with E-state index in [0.29, 0.717) is 13.1 Å². The number of hydrogen-bond donors (Lipinski definition) is 3. The normalized spacial score (nSPS) is 11.2. The average Bonchev–Trinajstić information content (AvgIpc) is 2.79. The Bertz CT molecular complexity index is 1030. The van der Waals surface area contributed by atoms with Gasteiger partial charge < -0.3 is 16.4 Å². The lowest BCUT2D eigenvalue weighted by Gasteiger charge is -2.17. The summed E-state index contributed by atoms with van der Waals surface area (Å²) in [6.07, 6.45) is 1.22. The number of alkyl halides is 2. The molecule has 3 aromatic rings. The molecule has 3 rings (SSSR count). The van der Waals surface area contributed by atoms with E-state index < -0.39 is 12.5 Å². The van der Waals surface area contributed by atoms with Crippen molar-refractivity contribution in [3.8, 4) is 0 Å². The van der Waals surface area contributed by atoms with Gasteiger partial charge in [0.15, 0.2) is 0 Å². The molecular formula is C22H22ClF2N5O. The first-order valence-electron chi connectivity index (χ1n) is 9.61. The number of halogens is 3. The van der Waals surface area contributed by atoms with Crippen molar-refractivity contribution in [2.45, 2.75) is 25.4 Å². The van der Waals surface area contributed by atoms with Crippen LogP contribution in [0.2, 0.25) is 5.02 Å². The number of nitrogens with one attached hydrogen (secondary N) is 2.